The molecule has 232 valence electrons. The van der Waals surface area contributed by atoms with Crippen molar-refractivity contribution >= 4 is 65.2 Å². The summed E-state index contributed by atoms with van der Waals surface area (Å²) in [5.74, 6) is 0. The number of benzene rings is 7. The highest BCUT2D eigenvalue weighted by Gasteiger charge is 2.39. The molecule has 0 saturated heterocycles. The normalized spacial score (nSPS) is 15.7. The third-order valence-corrected chi connectivity index (χ3v) is 11.5. The highest BCUT2D eigenvalue weighted by atomic mass is 15.0. The minimum absolute atomic E-state index is 0.0659. The first-order valence-electron chi connectivity index (χ1n) is 17.3. The second kappa shape index (κ2) is 9.61. The summed E-state index contributed by atoms with van der Waals surface area (Å²) in [6, 6.07) is 49.7. The number of fused-ring (bicyclic) bond motifs is 13. The molecule has 1 aliphatic carbocycles. The molecule has 2 heterocycles. The van der Waals surface area contributed by atoms with Crippen LogP contribution in [0.3, 0.4) is 0 Å². The summed E-state index contributed by atoms with van der Waals surface area (Å²) in [4.78, 5) is 0. The van der Waals surface area contributed by atoms with E-state index in [-0.39, 0.29) is 10.8 Å². The zero-order valence-corrected chi connectivity index (χ0v) is 28.0. The topological polar surface area (TPSA) is 9.86 Å². The van der Waals surface area contributed by atoms with Crippen molar-refractivity contribution in [3.8, 4) is 11.4 Å². The van der Waals surface area contributed by atoms with E-state index in [2.05, 4.69) is 170 Å². The summed E-state index contributed by atoms with van der Waals surface area (Å²) in [6.45, 7) is 9.79. The number of rotatable bonds is 2. The van der Waals surface area contributed by atoms with Gasteiger partial charge in [0.25, 0.3) is 0 Å². The minimum atomic E-state index is 0.0659. The predicted molar refractivity (Wildman–Crippen MR) is 205 cm³/mol. The lowest BCUT2D eigenvalue weighted by Gasteiger charge is -2.42. The monoisotopic (exact) mass is 618 g/mol. The zero-order valence-electron chi connectivity index (χ0n) is 28.0. The third kappa shape index (κ3) is 3.63. The van der Waals surface area contributed by atoms with Gasteiger partial charge in [-0.2, -0.15) is 0 Å². The van der Waals surface area contributed by atoms with Crippen LogP contribution in [0.2, 0.25) is 0 Å². The molecule has 0 fully saturated rings. The van der Waals surface area contributed by atoms with Crippen LogP contribution in [0.5, 0.6) is 0 Å². The van der Waals surface area contributed by atoms with Crippen molar-refractivity contribution in [3.05, 3.63) is 145 Å². The van der Waals surface area contributed by atoms with Crippen LogP contribution in [0.4, 0.5) is 0 Å². The van der Waals surface area contributed by atoms with Gasteiger partial charge in [-0.25, -0.2) is 0 Å². The van der Waals surface area contributed by atoms with Gasteiger partial charge < -0.3 is 9.13 Å². The maximum absolute atomic E-state index is 2.56. The van der Waals surface area contributed by atoms with Crippen LogP contribution in [-0.4, -0.2) is 9.13 Å². The minimum Gasteiger partial charge on any atom is -0.307 e. The Balaban J connectivity index is 1.52. The summed E-state index contributed by atoms with van der Waals surface area (Å²) < 4.78 is 5.09. The Labute approximate surface area is 280 Å². The van der Waals surface area contributed by atoms with Crippen molar-refractivity contribution < 1.29 is 0 Å². The molecule has 0 amide bonds. The highest BCUT2D eigenvalue weighted by Crippen LogP contribution is 2.52. The number of hydrogen-bond acceptors (Lipinski definition) is 0. The number of nitrogens with zero attached hydrogens (tertiary/aromatic N) is 2. The van der Waals surface area contributed by atoms with E-state index in [4.69, 9.17) is 0 Å². The summed E-state index contributed by atoms with van der Waals surface area (Å²) in [7, 11) is 0. The molecule has 0 unspecified atom stereocenters. The van der Waals surface area contributed by atoms with Crippen molar-refractivity contribution in [1.82, 2.24) is 9.13 Å². The number of para-hydroxylation sites is 2. The molecule has 2 nitrogen and oxygen atoms in total. The first-order chi connectivity index (χ1) is 23.3. The molecule has 1 aliphatic rings. The van der Waals surface area contributed by atoms with Crippen molar-refractivity contribution in [2.75, 3.05) is 0 Å². The van der Waals surface area contributed by atoms with Gasteiger partial charge in [0.15, 0.2) is 0 Å². The van der Waals surface area contributed by atoms with Crippen LogP contribution in [-0.2, 0) is 10.8 Å². The summed E-state index contributed by atoms with van der Waals surface area (Å²) >= 11 is 0. The van der Waals surface area contributed by atoms with E-state index in [0.29, 0.717) is 0 Å². The van der Waals surface area contributed by atoms with Gasteiger partial charge in [-0.15, -0.1) is 0 Å². The molecule has 10 rings (SSSR count). The fourth-order valence-electron chi connectivity index (χ4n) is 9.11. The Morgan fingerprint density at radius 2 is 0.938 bits per heavy atom. The molecular formula is C46H38N2. The van der Waals surface area contributed by atoms with Gasteiger partial charge in [0.1, 0.15) is 0 Å². The van der Waals surface area contributed by atoms with Crippen LogP contribution in [0, 0.1) is 0 Å². The van der Waals surface area contributed by atoms with E-state index < -0.39 is 0 Å². The second-order valence-electron chi connectivity index (χ2n) is 15.2. The molecule has 2 heteroatoms. The van der Waals surface area contributed by atoms with Crippen LogP contribution < -0.4 is 0 Å². The first-order valence-corrected chi connectivity index (χ1v) is 17.3. The summed E-state index contributed by atoms with van der Waals surface area (Å²) in [5.41, 5.74) is 10.6. The van der Waals surface area contributed by atoms with Crippen molar-refractivity contribution in [1.29, 1.82) is 0 Å². The Morgan fingerprint density at radius 1 is 0.417 bits per heavy atom. The van der Waals surface area contributed by atoms with Gasteiger partial charge in [-0.05, 0) is 92.7 Å². The summed E-state index contributed by atoms with van der Waals surface area (Å²) in [6.07, 6.45) is 2.37. The summed E-state index contributed by atoms with van der Waals surface area (Å²) in [5, 5.41) is 10.5. The van der Waals surface area contributed by atoms with Gasteiger partial charge in [0.05, 0.1) is 22.1 Å². The third-order valence-electron chi connectivity index (χ3n) is 11.5. The van der Waals surface area contributed by atoms with Crippen LogP contribution >= 0.6 is 0 Å². The van der Waals surface area contributed by atoms with Crippen molar-refractivity contribution in [3.63, 3.8) is 0 Å². The molecule has 0 N–H and O–H groups in total. The van der Waals surface area contributed by atoms with Crippen LogP contribution in [0.25, 0.3) is 76.5 Å². The molecule has 48 heavy (non-hydrogen) atoms. The van der Waals surface area contributed by atoms with Gasteiger partial charge in [0, 0.05) is 32.9 Å². The molecule has 0 saturated carbocycles. The van der Waals surface area contributed by atoms with Crippen LogP contribution in [0.1, 0.15) is 51.7 Å². The molecule has 0 radical (unpaired) electrons. The van der Waals surface area contributed by atoms with E-state index in [9.17, 15) is 0 Å². The lowest BCUT2D eigenvalue weighted by Crippen LogP contribution is -2.34. The van der Waals surface area contributed by atoms with E-state index >= 15 is 0 Å². The molecule has 0 spiro atoms. The van der Waals surface area contributed by atoms with E-state index in [1.807, 2.05) is 0 Å². The standard InChI is InChI=1S/C46H38N2/c1-45(2)27-28-46(3,4)42-36(45)24-26-38-41(42)35-23-22-34-40-37(25-21-30-20-19-29-13-11-12-18-33(29)39(30)40)47(31-14-7-5-8-15-31)43(34)44(35)48(38)32-16-9-6-10-17-32/h5-26H,27-28H2,1-4H3. The molecule has 0 atom stereocenters. The fourth-order valence-corrected chi connectivity index (χ4v) is 9.11. The Kier molecular flexibility index (Phi) is 5.55. The van der Waals surface area contributed by atoms with E-state index in [1.54, 1.807) is 0 Å². The van der Waals surface area contributed by atoms with Gasteiger partial charge in [-0.1, -0.05) is 125 Å². The predicted octanol–water partition coefficient (Wildman–Crippen LogP) is 12.5. The SMILES string of the molecule is CC1(C)CCC(C)(C)c2c1ccc1c2c2ccc3c4c5c(ccc6ccccc65)ccc4n(-c4ccccc4)c3c2n1-c1ccccc1. The molecule has 2 aromatic heterocycles. The molecule has 0 aliphatic heterocycles. The molecule has 9 aromatic rings. The number of aromatic nitrogens is 2. The van der Waals surface area contributed by atoms with E-state index in [0.717, 1.165) is 0 Å². The number of hydrogen-bond donors (Lipinski definition) is 0. The van der Waals surface area contributed by atoms with Crippen molar-refractivity contribution in [2.45, 2.75) is 51.4 Å². The quantitative estimate of drug-likeness (QED) is 0.171. The Morgan fingerprint density at radius 3 is 1.62 bits per heavy atom. The van der Waals surface area contributed by atoms with Gasteiger partial charge in [-0.3, -0.25) is 0 Å². The van der Waals surface area contributed by atoms with Gasteiger partial charge >= 0.3 is 0 Å². The highest BCUT2D eigenvalue weighted by molar-refractivity contribution is 6.32. The lowest BCUT2D eigenvalue weighted by atomic mass is 9.62. The second-order valence-corrected chi connectivity index (χ2v) is 15.2. The lowest BCUT2D eigenvalue weighted by molar-refractivity contribution is 0.334. The Bertz CT molecular complexity index is 2760. The van der Waals surface area contributed by atoms with Crippen molar-refractivity contribution in [2.24, 2.45) is 0 Å². The fraction of sp³-hybridized carbons (Fsp3) is 0.174. The average Bonchev–Trinajstić information content (AvgIpc) is 3.64. The molecule has 7 aromatic carbocycles. The molecule has 0 bridgehead atoms. The largest absolute Gasteiger partial charge is 0.307 e. The van der Waals surface area contributed by atoms with Gasteiger partial charge in [0.2, 0.25) is 0 Å². The smallest absolute Gasteiger partial charge is 0.0789 e. The average molecular weight is 619 g/mol. The maximum atomic E-state index is 2.56. The van der Waals surface area contributed by atoms with E-state index in [1.165, 1.54) is 100 Å². The van der Waals surface area contributed by atoms with Crippen LogP contribution in [0.15, 0.2) is 133 Å². The first kappa shape index (κ1) is 27.7. The Hall–Kier alpha value is -5.34. The zero-order chi connectivity index (χ0) is 32.4. The molecular weight excluding hydrogens is 581 g/mol. The maximum Gasteiger partial charge on any atom is 0.0789 e.